The highest BCUT2D eigenvalue weighted by molar-refractivity contribution is 6.31. The van der Waals surface area contributed by atoms with Crippen LogP contribution >= 0.6 is 11.6 Å². The zero-order chi connectivity index (χ0) is 12.5. The third-order valence-electron chi connectivity index (χ3n) is 2.33. The van der Waals surface area contributed by atoms with Gasteiger partial charge in [-0.3, -0.25) is 4.74 Å². The van der Waals surface area contributed by atoms with E-state index in [0.717, 1.165) is 10.9 Å². The van der Waals surface area contributed by atoms with E-state index in [-0.39, 0.29) is 6.54 Å². The summed E-state index contributed by atoms with van der Waals surface area (Å²) in [4.78, 5) is 0. The number of hydrogen-bond acceptors (Lipinski definition) is 1. The van der Waals surface area contributed by atoms with Crippen molar-refractivity contribution in [3.63, 3.8) is 0 Å². The summed E-state index contributed by atoms with van der Waals surface area (Å²) in [5, 5.41) is 1.48. The summed E-state index contributed by atoms with van der Waals surface area (Å²) in [5.74, 6) is 0. The first-order valence-corrected chi connectivity index (χ1v) is 5.28. The van der Waals surface area contributed by atoms with Gasteiger partial charge in [-0.25, -0.2) is 0 Å². The van der Waals surface area contributed by atoms with E-state index < -0.39 is 13.0 Å². The third-order valence-corrected chi connectivity index (χ3v) is 2.57. The Morgan fingerprint density at radius 2 is 2.00 bits per heavy atom. The molecule has 6 heteroatoms. The van der Waals surface area contributed by atoms with E-state index in [4.69, 9.17) is 11.6 Å². The monoisotopic (exact) mass is 263 g/mol. The molecule has 2 aromatic rings. The van der Waals surface area contributed by atoms with Crippen molar-refractivity contribution in [2.24, 2.45) is 0 Å². The molecule has 1 heterocycles. The predicted molar refractivity (Wildman–Crippen MR) is 59.0 cm³/mol. The van der Waals surface area contributed by atoms with E-state index in [1.54, 1.807) is 22.9 Å². The summed E-state index contributed by atoms with van der Waals surface area (Å²) in [7, 11) is 0. The molecule has 0 aliphatic rings. The maximum absolute atomic E-state index is 11.8. The molecular formula is C11H9ClF3NO. The first kappa shape index (κ1) is 12.3. The lowest BCUT2D eigenvalue weighted by Crippen LogP contribution is -2.17. The molecule has 0 spiro atoms. The second kappa shape index (κ2) is 4.58. The van der Waals surface area contributed by atoms with Crippen molar-refractivity contribution in [1.82, 2.24) is 4.57 Å². The van der Waals surface area contributed by atoms with Crippen LogP contribution in [0.25, 0.3) is 10.9 Å². The molecule has 0 bridgehead atoms. The predicted octanol–water partition coefficient (Wildman–Crippen LogP) is 3.83. The average molecular weight is 264 g/mol. The van der Waals surface area contributed by atoms with Crippen LogP contribution in [-0.4, -0.2) is 17.5 Å². The molecule has 0 amide bonds. The summed E-state index contributed by atoms with van der Waals surface area (Å²) in [6.07, 6.45) is -2.87. The Hall–Kier alpha value is -1.20. The lowest BCUT2D eigenvalue weighted by molar-refractivity contribution is -0.325. The number of hydrogen-bond donors (Lipinski definition) is 0. The Morgan fingerprint density at radius 3 is 2.71 bits per heavy atom. The van der Waals surface area contributed by atoms with Gasteiger partial charge >= 0.3 is 6.36 Å². The number of benzene rings is 1. The molecule has 0 N–H and O–H groups in total. The van der Waals surface area contributed by atoms with Gasteiger partial charge in [0, 0.05) is 23.3 Å². The zero-order valence-corrected chi connectivity index (χ0v) is 9.42. The topological polar surface area (TPSA) is 14.2 Å². The maximum Gasteiger partial charge on any atom is 0.522 e. The first-order chi connectivity index (χ1) is 7.96. The normalized spacial score (nSPS) is 12.2. The van der Waals surface area contributed by atoms with E-state index in [1.807, 2.05) is 12.1 Å². The van der Waals surface area contributed by atoms with Gasteiger partial charge in [0.15, 0.2) is 0 Å². The highest BCUT2D eigenvalue weighted by Crippen LogP contribution is 2.21. The van der Waals surface area contributed by atoms with E-state index >= 15 is 0 Å². The second-order valence-electron chi connectivity index (χ2n) is 3.51. The van der Waals surface area contributed by atoms with Crippen molar-refractivity contribution in [2.75, 3.05) is 6.61 Å². The molecule has 0 saturated carbocycles. The van der Waals surface area contributed by atoms with Crippen molar-refractivity contribution in [3.8, 4) is 0 Å². The lowest BCUT2D eigenvalue weighted by atomic mass is 10.2. The number of fused-ring (bicyclic) bond motifs is 1. The third kappa shape index (κ3) is 3.14. The van der Waals surface area contributed by atoms with Crippen LogP contribution in [0, 0.1) is 0 Å². The fourth-order valence-corrected chi connectivity index (χ4v) is 1.78. The van der Waals surface area contributed by atoms with Crippen LogP contribution in [0.2, 0.25) is 5.02 Å². The number of rotatable bonds is 3. The Bertz CT molecular complexity index is 521. The van der Waals surface area contributed by atoms with Gasteiger partial charge in [0.2, 0.25) is 0 Å². The Balaban J connectivity index is 2.11. The van der Waals surface area contributed by atoms with Gasteiger partial charge in [-0.1, -0.05) is 17.7 Å². The van der Waals surface area contributed by atoms with Crippen molar-refractivity contribution in [1.29, 1.82) is 0 Å². The number of halogens is 4. The molecule has 0 aliphatic carbocycles. The maximum atomic E-state index is 11.8. The quantitative estimate of drug-likeness (QED) is 0.821. The Morgan fingerprint density at radius 1 is 1.24 bits per heavy atom. The van der Waals surface area contributed by atoms with Gasteiger partial charge in [-0.2, -0.15) is 0 Å². The van der Waals surface area contributed by atoms with Crippen LogP contribution in [0.5, 0.6) is 0 Å². The summed E-state index contributed by atoms with van der Waals surface area (Å²) in [6, 6.07) is 7.09. The van der Waals surface area contributed by atoms with Gasteiger partial charge in [-0.05, 0) is 23.6 Å². The van der Waals surface area contributed by atoms with Crippen molar-refractivity contribution in [2.45, 2.75) is 12.9 Å². The number of alkyl halides is 3. The van der Waals surface area contributed by atoms with Gasteiger partial charge in [0.05, 0.1) is 6.61 Å². The number of aromatic nitrogens is 1. The fraction of sp³-hybridized carbons (Fsp3) is 0.273. The van der Waals surface area contributed by atoms with Crippen LogP contribution in [0.15, 0.2) is 30.5 Å². The molecule has 0 atom stereocenters. The van der Waals surface area contributed by atoms with Crippen molar-refractivity contribution >= 4 is 22.5 Å². The van der Waals surface area contributed by atoms with Crippen LogP contribution < -0.4 is 0 Å². The molecule has 0 aliphatic heterocycles. The molecule has 2 rings (SSSR count). The van der Waals surface area contributed by atoms with Crippen molar-refractivity contribution in [3.05, 3.63) is 35.5 Å². The largest absolute Gasteiger partial charge is 0.522 e. The molecule has 0 unspecified atom stereocenters. The molecule has 0 fully saturated rings. The lowest BCUT2D eigenvalue weighted by Gasteiger charge is -2.09. The molecule has 17 heavy (non-hydrogen) atoms. The van der Waals surface area contributed by atoms with Crippen LogP contribution in [0.4, 0.5) is 13.2 Å². The molecule has 1 aromatic carbocycles. The molecule has 0 saturated heterocycles. The van der Waals surface area contributed by atoms with E-state index in [2.05, 4.69) is 4.74 Å². The Labute approximate surface area is 101 Å². The molecule has 1 aromatic heterocycles. The smallest absolute Gasteiger partial charge is 0.345 e. The summed E-state index contributed by atoms with van der Waals surface area (Å²) in [5.41, 5.74) is 0.795. The number of ether oxygens (including phenoxy) is 1. The highest BCUT2D eigenvalue weighted by atomic mass is 35.5. The minimum atomic E-state index is -4.58. The average Bonchev–Trinajstić information content (AvgIpc) is 2.59. The van der Waals surface area contributed by atoms with Crippen molar-refractivity contribution < 1.29 is 17.9 Å². The minimum absolute atomic E-state index is 0.128. The molecule has 0 radical (unpaired) electrons. The van der Waals surface area contributed by atoms with Gasteiger partial charge in [0.25, 0.3) is 0 Å². The van der Waals surface area contributed by atoms with E-state index in [0.29, 0.717) is 5.02 Å². The van der Waals surface area contributed by atoms with Gasteiger partial charge in [-0.15, -0.1) is 13.2 Å². The zero-order valence-electron chi connectivity index (χ0n) is 8.67. The SMILES string of the molecule is FC(F)(F)OCCn1ccc2ccc(Cl)cc21. The fourth-order valence-electron chi connectivity index (χ4n) is 1.61. The summed E-state index contributed by atoms with van der Waals surface area (Å²) < 4.78 is 40.8. The van der Waals surface area contributed by atoms with E-state index in [1.165, 1.54) is 0 Å². The highest BCUT2D eigenvalue weighted by Gasteiger charge is 2.28. The van der Waals surface area contributed by atoms with Crippen LogP contribution in [-0.2, 0) is 11.3 Å². The van der Waals surface area contributed by atoms with E-state index in [9.17, 15) is 13.2 Å². The molecule has 92 valence electrons. The first-order valence-electron chi connectivity index (χ1n) is 4.91. The minimum Gasteiger partial charge on any atom is -0.345 e. The number of nitrogens with zero attached hydrogens (tertiary/aromatic N) is 1. The summed E-state index contributed by atoms with van der Waals surface area (Å²) >= 11 is 5.83. The van der Waals surface area contributed by atoms with Gasteiger partial charge in [0.1, 0.15) is 0 Å². The van der Waals surface area contributed by atoms with Crippen LogP contribution in [0.3, 0.4) is 0 Å². The molecular weight excluding hydrogens is 255 g/mol. The second-order valence-corrected chi connectivity index (χ2v) is 3.94. The standard InChI is InChI=1S/C11H9ClF3NO/c12-9-2-1-8-3-4-16(10(8)7-9)5-6-17-11(13,14)15/h1-4,7H,5-6H2. The summed E-state index contributed by atoms with van der Waals surface area (Å²) in [6.45, 7) is -0.289. The van der Waals surface area contributed by atoms with Gasteiger partial charge < -0.3 is 4.57 Å². The van der Waals surface area contributed by atoms with Crippen LogP contribution in [0.1, 0.15) is 0 Å². The molecule has 2 nitrogen and oxygen atoms in total. The Kier molecular flexibility index (Phi) is 3.31.